The van der Waals surface area contributed by atoms with E-state index in [2.05, 4.69) is 6.07 Å². The zero-order chi connectivity index (χ0) is 12.2. The molecule has 2 nitrogen and oxygen atoms in total. The lowest BCUT2D eigenvalue weighted by Crippen LogP contribution is -2.10. The molecule has 0 aliphatic rings. The minimum absolute atomic E-state index is 0.189. The number of hydrogen-bond donors (Lipinski definition) is 0. The van der Waals surface area contributed by atoms with Crippen LogP contribution in [0.25, 0.3) is 0 Å². The third-order valence-electron chi connectivity index (χ3n) is 1.84. The molecule has 3 heteroatoms. The van der Waals surface area contributed by atoms with E-state index in [0.717, 1.165) is 10.6 Å². The van der Waals surface area contributed by atoms with Crippen molar-refractivity contribution < 1.29 is 4.74 Å². The first-order valence-electron chi connectivity index (χ1n) is 5.30. The lowest BCUT2D eigenvalue weighted by atomic mass is 10.2. The van der Waals surface area contributed by atoms with Crippen molar-refractivity contribution in [1.82, 2.24) is 0 Å². The maximum atomic E-state index is 8.93. The fourth-order valence-electron chi connectivity index (χ4n) is 1.18. The van der Waals surface area contributed by atoms with Crippen LogP contribution in [0.2, 0.25) is 0 Å². The van der Waals surface area contributed by atoms with Gasteiger partial charge in [0.2, 0.25) is 0 Å². The van der Waals surface area contributed by atoms with E-state index in [1.54, 1.807) is 11.8 Å². The summed E-state index contributed by atoms with van der Waals surface area (Å²) in [6.07, 6.45) is 0.189. The quantitative estimate of drug-likeness (QED) is 0.743. The summed E-state index contributed by atoms with van der Waals surface area (Å²) < 4.78 is 5.16. The number of ether oxygens (including phenoxy) is 1. The zero-order valence-electron chi connectivity index (χ0n) is 10.2. The highest BCUT2D eigenvalue weighted by atomic mass is 32.2. The van der Waals surface area contributed by atoms with Crippen LogP contribution >= 0.6 is 11.8 Å². The third-order valence-corrected chi connectivity index (χ3v) is 2.95. The van der Waals surface area contributed by atoms with Crippen LogP contribution in [0.15, 0.2) is 29.2 Å². The molecule has 0 saturated carbocycles. The Bertz CT molecular complexity index is 376. The first kappa shape index (κ1) is 12.9. The number of benzene rings is 1. The van der Waals surface area contributed by atoms with E-state index in [-0.39, 0.29) is 10.9 Å². The van der Waals surface area contributed by atoms with Crippen LogP contribution in [0.1, 0.15) is 27.7 Å². The molecule has 0 spiro atoms. The molecule has 0 atom stereocenters. The Kier molecular flexibility index (Phi) is 4.26. The highest BCUT2D eigenvalue weighted by Gasteiger charge is 2.17. The molecule has 1 aromatic rings. The van der Waals surface area contributed by atoms with Crippen LogP contribution in [0.3, 0.4) is 0 Å². The van der Waals surface area contributed by atoms with Gasteiger partial charge in [-0.3, -0.25) is 0 Å². The Balaban J connectivity index is 2.69. The van der Waals surface area contributed by atoms with Crippen LogP contribution in [-0.2, 0) is 0 Å². The average Bonchev–Trinajstić information content (AvgIpc) is 2.20. The highest BCUT2D eigenvalue weighted by Crippen LogP contribution is 2.32. The van der Waals surface area contributed by atoms with Gasteiger partial charge >= 0.3 is 0 Å². The Morgan fingerprint density at radius 1 is 1.25 bits per heavy atom. The minimum Gasteiger partial charge on any atom is -0.491 e. The minimum atomic E-state index is -0.388. The van der Waals surface area contributed by atoms with Gasteiger partial charge < -0.3 is 4.74 Å². The van der Waals surface area contributed by atoms with Crippen LogP contribution in [0.5, 0.6) is 5.75 Å². The molecule has 1 rings (SSSR count). The Labute approximate surface area is 102 Å². The number of nitrogens with zero attached hydrogens (tertiary/aromatic N) is 1. The number of rotatable bonds is 4. The second-order valence-corrected chi connectivity index (χ2v) is 6.06. The van der Waals surface area contributed by atoms with Crippen molar-refractivity contribution in [2.24, 2.45) is 0 Å². The molecular formula is C13H17NOS. The zero-order valence-corrected chi connectivity index (χ0v) is 11.0. The van der Waals surface area contributed by atoms with E-state index in [1.165, 1.54) is 0 Å². The van der Waals surface area contributed by atoms with Gasteiger partial charge in [-0.25, -0.2) is 0 Å². The lowest BCUT2D eigenvalue weighted by molar-refractivity contribution is 0.242. The van der Waals surface area contributed by atoms with Crippen molar-refractivity contribution in [3.63, 3.8) is 0 Å². The van der Waals surface area contributed by atoms with Gasteiger partial charge in [0.25, 0.3) is 0 Å². The summed E-state index contributed by atoms with van der Waals surface area (Å²) in [4.78, 5) is 1.09. The van der Waals surface area contributed by atoms with Crippen LogP contribution in [0, 0.1) is 11.3 Å². The van der Waals surface area contributed by atoms with Gasteiger partial charge in [-0.05, 0) is 52.0 Å². The first-order valence-corrected chi connectivity index (χ1v) is 6.11. The van der Waals surface area contributed by atoms with Crippen molar-refractivity contribution >= 4 is 11.8 Å². The van der Waals surface area contributed by atoms with Crippen molar-refractivity contribution in [3.8, 4) is 11.8 Å². The third kappa shape index (κ3) is 4.16. The fourth-order valence-corrected chi connectivity index (χ4v) is 2.08. The van der Waals surface area contributed by atoms with Gasteiger partial charge in [0, 0.05) is 4.90 Å². The second kappa shape index (κ2) is 5.27. The number of nitriles is 1. The number of hydrogen-bond acceptors (Lipinski definition) is 3. The summed E-state index contributed by atoms with van der Waals surface area (Å²) in [7, 11) is 0. The standard InChI is InChI=1S/C13H17NOS/c1-10(2)15-11-5-7-12(8-6-11)16-13(3,4)9-14/h5-8,10H,1-4H3. The SMILES string of the molecule is CC(C)Oc1ccc(SC(C)(C)C#N)cc1. The summed E-state index contributed by atoms with van der Waals surface area (Å²) in [5.74, 6) is 0.870. The molecule has 0 N–H and O–H groups in total. The van der Waals surface area contributed by atoms with E-state index in [0.29, 0.717) is 0 Å². The molecule has 0 radical (unpaired) electrons. The van der Waals surface area contributed by atoms with Crippen molar-refractivity contribution in [2.45, 2.75) is 43.4 Å². The Morgan fingerprint density at radius 2 is 1.81 bits per heavy atom. The van der Waals surface area contributed by atoms with Gasteiger partial charge in [-0.1, -0.05) is 0 Å². The van der Waals surface area contributed by atoms with Gasteiger partial charge in [-0.2, -0.15) is 5.26 Å². The summed E-state index contributed by atoms with van der Waals surface area (Å²) in [6, 6.07) is 10.1. The maximum Gasteiger partial charge on any atom is 0.119 e. The van der Waals surface area contributed by atoms with Gasteiger partial charge in [0.15, 0.2) is 0 Å². The molecule has 1 aromatic carbocycles. The molecule has 0 aromatic heterocycles. The molecule has 0 bridgehead atoms. The van der Waals surface area contributed by atoms with E-state index >= 15 is 0 Å². The molecular weight excluding hydrogens is 218 g/mol. The predicted molar refractivity (Wildman–Crippen MR) is 67.8 cm³/mol. The Hall–Kier alpha value is -1.14. The molecule has 0 unspecified atom stereocenters. The molecule has 86 valence electrons. The van der Waals surface area contributed by atoms with Crippen molar-refractivity contribution in [1.29, 1.82) is 5.26 Å². The van der Waals surface area contributed by atoms with Crippen LogP contribution < -0.4 is 4.74 Å². The van der Waals surface area contributed by atoms with Gasteiger partial charge in [0.05, 0.1) is 12.2 Å². The largest absolute Gasteiger partial charge is 0.491 e. The normalized spacial score (nSPS) is 11.2. The molecule has 0 heterocycles. The van der Waals surface area contributed by atoms with Crippen molar-refractivity contribution in [2.75, 3.05) is 0 Å². The summed E-state index contributed by atoms with van der Waals surface area (Å²) in [5, 5.41) is 8.93. The summed E-state index contributed by atoms with van der Waals surface area (Å²) >= 11 is 1.56. The van der Waals surface area contributed by atoms with Crippen LogP contribution in [0.4, 0.5) is 0 Å². The van der Waals surface area contributed by atoms with Gasteiger partial charge in [0.1, 0.15) is 10.5 Å². The second-order valence-electron chi connectivity index (χ2n) is 4.36. The summed E-state index contributed by atoms with van der Waals surface area (Å²) in [6.45, 7) is 7.83. The summed E-state index contributed by atoms with van der Waals surface area (Å²) in [5.41, 5.74) is 0. The maximum absolute atomic E-state index is 8.93. The average molecular weight is 235 g/mol. The smallest absolute Gasteiger partial charge is 0.119 e. The predicted octanol–water partition coefficient (Wildman–Crippen LogP) is 3.87. The molecule has 0 fully saturated rings. The van der Waals surface area contributed by atoms with E-state index in [1.807, 2.05) is 52.0 Å². The van der Waals surface area contributed by atoms with E-state index in [4.69, 9.17) is 10.00 Å². The van der Waals surface area contributed by atoms with E-state index < -0.39 is 0 Å². The molecule has 16 heavy (non-hydrogen) atoms. The first-order chi connectivity index (χ1) is 7.43. The van der Waals surface area contributed by atoms with E-state index in [9.17, 15) is 0 Å². The fraction of sp³-hybridized carbons (Fsp3) is 0.462. The van der Waals surface area contributed by atoms with Crippen LogP contribution in [-0.4, -0.2) is 10.9 Å². The highest BCUT2D eigenvalue weighted by molar-refractivity contribution is 8.00. The number of thioether (sulfide) groups is 1. The van der Waals surface area contributed by atoms with Gasteiger partial charge in [-0.15, -0.1) is 11.8 Å². The monoisotopic (exact) mass is 235 g/mol. The Morgan fingerprint density at radius 3 is 2.25 bits per heavy atom. The molecule has 0 saturated heterocycles. The topological polar surface area (TPSA) is 33.0 Å². The lowest BCUT2D eigenvalue weighted by Gasteiger charge is -2.15. The molecule has 0 aliphatic carbocycles. The van der Waals surface area contributed by atoms with Crippen molar-refractivity contribution in [3.05, 3.63) is 24.3 Å². The molecule has 0 amide bonds. The molecule has 0 aliphatic heterocycles.